The molecule has 2 fully saturated rings. The largest absolute Gasteiger partial charge is 0.442 e. The number of imidazole rings is 1. The monoisotopic (exact) mass is 515 g/mol. The molecule has 2 atom stereocenters. The molecular weight excluding hydrogens is 485 g/mol. The summed E-state index contributed by atoms with van der Waals surface area (Å²) in [6.07, 6.45) is 7.31. The quantitative estimate of drug-likeness (QED) is 0.392. The van der Waals surface area contributed by atoms with Crippen molar-refractivity contribution in [3.63, 3.8) is 0 Å². The third-order valence-corrected chi connectivity index (χ3v) is 7.61. The number of halogens is 1. The number of pyridine rings is 1. The van der Waals surface area contributed by atoms with Gasteiger partial charge in [0.15, 0.2) is 5.69 Å². The van der Waals surface area contributed by atoms with E-state index in [1.807, 2.05) is 36.7 Å². The molecule has 1 N–H and O–H groups in total. The van der Waals surface area contributed by atoms with Crippen molar-refractivity contribution in [2.45, 2.75) is 44.8 Å². The van der Waals surface area contributed by atoms with E-state index in [0.29, 0.717) is 29.3 Å². The fraction of sp³-hybridized carbons (Fsp3) is 0.357. The van der Waals surface area contributed by atoms with Gasteiger partial charge in [0.1, 0.15) is 29.3 Å². The molecule has 0 aliphatic carbocycles. The lowest BCUT2D eigenvalue weighted by Crippen LogP contribution is -2.52. The number of carbonyl (C=O) groups is 1. The first-order chi connectivity index (χ1) is 18.4. The average molecular weight is 516 g/mol. The number of likely N-dealkylation sites (N-methyl/N-ethyl adjacent to an activating group) is 1. The van der Waals surface area contributed by atoms with E-state index in [0.717, 1.165) is 24.3 Å². The molecule has 2 saturated heterocycles. The minimum Gasteiger partial charge on any atom is -0.442 e. The van der Waals surface area contributed by atoms with Crippen molar-refractivity contribution >= 4 is 17.4 Å². The number of carbonyl (C=O) groups excluding carboxylic acids is 1. The molecule has 0 spiro atoms. The summed E-state index contributed by atoms with van der Waals surface area (Å²) in [5.74, 6) is -0.0453. The summed E-state index contributed by atoms with van der Waals surface area (Å²) in [6, 6.07) is 11.1. The molecule has 5 heterocycles. The number of fused-ring (bicyclic) bond motifs is 2. The number of piperazine rings is 1. The van der Waals surface area contributed by atoms with Crippen LogP contribution in [-0.2, 0) is 0 Å². The molecule has 0 unspecified atom stereocenters. The Morgan fingerprint density at radius 2 is 1.82 bits per heavy atom. The van der Waals surface area contributed by atoms with E-state index < -0.39 is 5.91 Å². The predicted octanol–water partition coefficient (Wildman–Crippen LogP) is 4.86. The van der Waals surface area contributed by atoms with Crippen molar-refractivity contribution in [2.75, 3.05) is 30.4 Å². The van der Waals surface area contributed by atoms with E-state index in [4.69, 9.17) is 4.42 Å². The maximum absolute atomic E-state index is 13.5. The first kappa shape index (κ1) is 24.3. The Labute approximate surface area is 220 Å². The summed E-state index contributed by atoms with van der Waals surface area (Å²) >= 11 is 0. The van der Waals surface area contributed by atoms with Gasteiger partial charge in [0.05, 0.1) is 18.2 Å². The van der Waals surface area contributed by atoms with Crippen molar-refractivity contribution in [1.82, 2.24) is 24.4 Å². The molecule has 2 aliphatic rings. The molecule has 1 amide bonds. The maximum atomic E-state index is 13.5. The Balaban J connectivity index is 1.19. The van der Waals surface area contributed by atoms with E-state index in [-0.39, 0.29) is 23.4 Å². The van der Waals surface area contributed by atoms with Crippen LogP contribution in [0.1, 0.15) is 43.2 Å². The second-order valence-corrected chi connectivity index (χ2v) is 10.3. The molecule has 6 rings (SSSR count). The predicted molar refractivity (Wildman–Crippen MR) is 142 cm³/mol. The summed E-state index contributed by atoms with van der Waals surface area (Å²) in [6.45, 7) is 6.01. The van der Waals surface area contributed by atoms with Gasteiger partial charge in [-0.2, -0.15) is 0 Å². The molecule has 3 aromatic heterocycles. The van der Waals surface area contributed by atoms with Gasteiger partial charge in [0.2, 0.25) is 5.89 Å². The second kappa shape index (κ2) is 9.68. The molecule has 1 aromatic carbocycles. The van der Waals surface area contributed by atoms with Crippen molar-refractivity contribution < 1.29 is 13.6 Å². The van der Waals surface area contributed by atoms with Crippen LogP contribution in [0.15, 0.2) is 59.6 Å². The number of nitrogens with one attached hydrogen (secondary N) is 1. The van der Waals surface area contributed by atoms with Crippen molar-refractivity contribution in [3.8, 4) is 22.8 Å². The van der Waals surface area contributed by atoms with Gasteiger partial charge in [0.25, 0.3) is 5.91 Å². The lowest BCUT2D eigenvalue weighted by atomic mass is 10.1. The molecule has 4 aromatic rings. The fourth-order valence-corrected chi connectivity index (χ4v) is 5.42. The van der Waals surface area contributed by atoms with E-state index in [1.165, 1.54) is 31.2 Å². The van der Waals surface area contributed by atoms with E-state index in [2.05, 4.69) is 37.1 Å². The Morgan fingerprint density at radius 3 is 2.47 bits per heavy atom. The van der Waals surface area contributed by atoms with Crippen LogP contribution >= 0.6 is 0 Å². The number of rotatable bonds is 6. The van der Waals surface area contributed by atoms with Gasteiger partial charge in [0, 0.05) is 36.8 Å². The minimum absolute atomic E-state index is 0.0640. The molecule has 9 nitrogen and oxygen atoms in total. The van der Waals surface area contributed by atoms with Gasteiger partial charge >= 0.3 is 0 Å². The van der Waals surface area contributed by atoms with Gasteiger partial charge in [-0.3, -0.25) is 9.69 Å². The lowest BCUT2D eigenvalue weighted by Gasteiger charge is -2.40. The Morgan fingerprint density at radius 1 is 1.08 bits per heavy atom. The van der Waals surface area contributed by atoms with Crippen LogP contribution in [0.5, 0.6) is 0 Å². The van der Waals surface area contributed by atoms with Crippen LogP contribution in [0.25, 0.3) is 22.8 Å². The zero-order valence-electron chi connectivity index (χ0n) is 21.6. The minimum atomic E-state index is -0.420. The summed E-state index contributed by atoms with van der Waals surface area (Å²) in [7, 11) is 2.21. The Bertz CT molecular complexity index is 1430. The van der Waals surface area contributed by atoms with Crippen molar-refractivity contribution in [2.24, 2.45) is 0 Å². The lowest BCUT2D eigenvalue weighted by molar-refractivity contribution is 0.102. The van der Waals surface area contributed by atoms with Crippen LogP contribution in [-0.4, -0.2) is 62.5 Å². The number of benzene rings is 1. The average Bonchev–Trinajstić information content (AvgIpc) is 3.61. The van der Waals surface area contributed by atoms with Crippen LogP contribution in [0.2, 0.25) is 0 Å². The highest BCUT2D eigenvalue weighted by Gasteiger charge is 2.37. The molecule has 38 heavy (non-hydrogen) atoms. The van der Waals surface area contributed by atoms with Gasteiger partial charge in [-0.05, 0) is 70.1 Å². The zero-order valence-corrected chi connectivity index (χ0v) is 21.6. The van der Waals surface area contributed by atoms with Crippen LogP contribution in [0.4, 0.5) is 15.9 Å². The third kappa shape index (κ3) is 4.45. The smallest absolute Gasteiger partial charge is 0.278 e. The number of hydrogen-bond acceptors (Lipinski definition) is 7. The number of anilines is 2. The molecule has 0 radical (unpaired) electrons. The number of hydrogen-bond donors (Lipinski definition) is 1. The SMILES string of the molecule is CC(C)n1cnc(-c2ccc(F)cc2)c1-c1nc(C(=O)Nc2ccc(N3C[C@H]4CC[C@@H](C3)N4C)cn2)co1. The highest BCUT2D eigenvalue weighted by molar-refractivity contribution is 6.02. The standard InChI is InChI=1S/C28H30FN7O2/c1-17(2)36-16-31-25(18-4-6-19(29)7-5-18)26(36)28-32-23(15-38-28)27(37)33-24-11-10-20(12-30-24)35-13-21-8-9-22(14-35)34(21)3/h4-7,10-12,15-17,21-22H,8-9,13-14H2,1-3H3,(H,30,33,37)/t21-,22+. The zero-order chi connectivity index (χ0) is 26.4. The molecule has 196 valence electrons. The number of aromatic nitrogens is 4. The number of amides is 1. The van der Waals surface area contributed by atoms with Gasteiger partial charge in [-0.15, -0.1) is 0 Å². The highest BCUT2D eigenvalue weighted by atomic mass is 19.1. The van der Waals surface area contributed by atoms with Crippen molar-refractivity contribution in [1.29, 1.82) is 0 Å². The first-order valence-electron chi connectivity index (χ1n) is 12.9. The highest BCUT2D eigenvalue weighted by Crippen LogP contribution is 2.33. The summed E-state index contributed by atoms with van der Waals surface area (Å²) in [5.41, 5.74) is 3.13. The maximum Gasteiger partial charge on any atom is 0.278 e. The fourth-order valence-electron chi connectivity index (χ4n) is 5.42. The van der Waals surface area contributed by atoms with Crippen LogP contribution in [0, 0.1) is 5.82 Å². The van der Waals surface area contributed by atoms with Gasteiger partial charge in [-0.25, -0.2) is 19.3 Å². The summed E-state index contributed by atoms with van der Waals surface area (Å²) < 4.78 is 21.1. The van der Waals surface area contributed by atoms with Gasteiger partial charge in [-0.1, -0.05) is 0 Å². The van der Waals surface area contributed by atoms with E-state index in [9.17, 15) is 9.18 Å². The second-order valence-electron chi connectivity index (χ2n) is 10.3. The molecular formula is C28H30FN7O2. The first-order valence-corrected chi connectivity index (χ1v) is 12.9. The summed E-state index contributed by atoms with van der Waals surface area (Å²) in [5, 5.41) is 2.81. The van der Waals surface area contributed by atoms with Crippen LogP contribution < -0.4 is 10.2 Å². The molecule has 2 bridgehead atoms. The number of nitrogens with zero attached hydrogens (tertiary/aromatic N) is 6. The van der Waals surface area contributed by atoms with E-state index in [1.54, 1.807) is 18.5 Å². The number of oxazole rings is 1. The Kier molecular flexibility index (Phi) is 6.19. The van der Waals surface area contributed by atoms with Crippen molar-refractivity contribution in [3.05, 3.63) is 66.7 Å². The third-order valence-electron chi connectivity index (χ3n) is 7.61. The summed E-state index contributed by atoms with van der Waals surface area (Å²) in [4.78, 5) is 31.3. The Hall–Kier alpha value is -4.05. The van der Waals surface area contributed by atoms with Crippen LogP contribution in [0.3, 0.4) is 0 Å². The molecule has 10 heteroatoms. The van der Waals surface area contributed by atoms with Gasteiger partial charge < -0.3 is 19.2 Å². The molecule has 2 aliphatic heterocycles. The topological polar surface area (TPSA) is 92.3 Å². The normalized spacial score (nSPS) is 19.3. The van der Waals surface area contributed by atoms with E-state index >= 15 is 0 Å². The molecule has 0 saturated carbocycles.